The van der Waals surface area contributed by atoms with Gasteiger partial charge in [-0.2, -0.15) is 0 Å². The van der Waals surface area contributed by atoms with Crippen LogP contribution in [0.3, 0.4) is 0 Å². The summed E-state index contributed by atoms with van der Waals surface area (Å²) in [5, 5.41) is 2.69. The van der Waals surface area contributed by atoms with Crippen molar-refractivity contribution in [1.29, 1.82) is 0 Å². The van der Waals surface area contributed by atoms with Gasteiger partial charge in [0.1, 0.15) is 5.82 Å². The molecule has 0 saturated carbocycles. The molecule has 2 aromatic rings. The number of nitrogens with one attached hydrogen (secondary N) is 1. The van der Waals surface area contributed by atoms with Crippen LogP contribution in [0, 0.1) is 11.6 Å². The molecule has 0 aliphatic heterocycles. The fourth-order valence-electron chi connectivity index (χ4n) is 1.83. The Labute approximate surface area is 115 Å². The predicted octanol–water partition coefficient (Wildman–Crippen LogP) is 3.02. The van der Waals surface area contributed by atoms with E-state index in [2.05, 4.69) is 10.3 Å². The molecular formula is C15H14F2N2O. The summed E-state index contributed by atoms with van der Waals surface area (Å²) >= 11 is 0. The topological polar surface area (TPSA) is 42.0 Å². The fourth-order valence-corrected chi connectivity index (χ4v) is 1.83. The summed E-state index contributed by atoms with van der Waals surface area (Å²) in [6.07, 6.45) is 1.35. The second-order valence-electron chi connectivity index (χ2n) is 4.92. The minimum Gasteiger partial charge on any atom is -0.342 e. The molecule has 0 bridgehead atoms. The van der Waals surface area contributed by atoms with Gasteiger partial charge in [0, 0.05) is 6.20 Å². The average Bonchev–Trinajstić information content (AvgIpc) is 2.39. The highest BCUT2D eigenvalue weighted by atomic mass is 19.1. The maximum atomic E-state index is 13.5. The molecule has 1 aromatic heterocycles. The Morgan fingerprint density at radius 2 is 1.80 bits per heavy atom. The SMILES string of the molecule is CC(C)(NC(=O)c1ncccc1F)c1ccc(F)cc1. The molecule has 2 rings (SSSR count). The van der Waals surface area contributed by atoms with Gasteiger partial charge >= 0.3 is 0 Å². The molecule has 3 nitrogen and oxygen atoms in total. The Balaban J connectivity index is 2.22. The van der Waals surface area contributed by atoms with Crippen molar-refractivity contribution in [3.8, 4) is 0 Å². The Bertz CT molecular complexity index is 624. The van der Waals surface area contributed by atoms with Gasteiger partial charge in [-0.15, -0.1) is 0 Å². The van der Waals surface area contributed by atoms with E-state index in [-0.39, 0.29) is 11.5 Å². The third kappa shape index (κ3) is 2.99. The first-order chi connectivity index (χ1) is 9.40. The lowest BCUT2D eigenvalue weighted by Crippen LogP contribution is -2.41. The zero-order chi connectivity index (χ0) is 14.8. The summed E-state index contributed by atoms with van der Waals surface area (Å²) in [5.41, 5.74) is -0.319. The zero-order valence-electron chi connectivity index (χ0n) is 11.2. The van der Waals surface area contributed by atoms with Crippen molar-refractivity contribution in [3.05, 3.63) is 65.5 Å². The molecule has 20 heavy (non-hydrogen) atoms. The Morgan fingerprint density at radius 1 is 1.15 bits per heavy atom. The number of nitrogens with zero attached hydrogens (tertiary/aromatic N) is 1. The van der Waals surface area contributed by atoms with Crippen LogP contribution < -0.4 is 5.32 Å². The number of carbonyl (C=O) groups is 1. The summed E-state index contributed by atoms with van der Waals surface area (Å²) in [5.74, 6) is -1.65. The van der Waals surface area contributed by atoms with E-state index in [0.29, 0.717) is 5.56 Å². The van der Waals surface area contributed by atoms with Crippen molar-refractivity contribution in [1.82, 2.24) is 10.3 Å². The highest BCUT2D eigenvalue weighted by Crippen LogP contribution is 2.21. The second-order valence-corrected chi connectivity index (χ2v) is 4.92. The molecule has 0 saturated heterocycles. The monoisotopic (exact) mass is 276 g/mol. The molecule has 1 amide bonds. The lowest BCUT2D eigenvalue weighted by molar-refractivity contribution is 0.0902. The molecule has 0 unspecified atom stereocenters. The van der Waals surface area contributed by atoms with Crippen molar-refractivity contribution in [2.75, 3.05) is 0 Å². The van der Waals surface area contributed by atoms with E-state index in [1.807, 2.05) is 0 Å². The number of amides is 1. The molecule has 5 heteroatoms. The summed E-state index contributed by atoms with van der Waals surface area (Å²) in [6, 6.07) is 8.36. The van der Waals surface area contributed by atoms with Gasteiger partial charge in [0.2, 0.25) is 0 Å². The lowest BCUT2D eigenvalue weighted by atomic mass is 9.94. The number of pyridine rings is 1. The van der Waals surface area contributed by atoms with E-state index in [9.17, 15) is 13.6 Å². The van der Waals surface area contributed by atoms with Crippen molar-refractivity contribution in [2.24, 2.45) is 0 Å². The van der Waals surface area contributed by atoms with Crippen molar-refractivity contribution in [2.45, 2.75) is 19.4 Å². The molecular weight excluding hydrogens is 262 g/mol. The molecule has 0 aliphatic rings. The number of carbonyl (C=O) groups excluding carboxylic acids is 1. The third-order valence-corrected chi connectivity index (χ3v) is 2.97. The summed E-state index contributed by atoms with van der Waals surface area (Å²) < 4.78 is 26.4. The Morgan fingerprint density at radius 3 is 2.40 bits per heavy atom. The number of halogens is 2. The van der Waals surface area contributed by atoms with E-state index in [4.69, 9.17) is 0 Å². The summed E-state index contributed by atoms with van der Waals surface area (Å²) in [7, 11) is 0. The first kappa shape index (κ1) is 14.1. The van der Waals surface area contributed by atoms with Gasteiger partial charge in [-0.25, -0.2) is 13.8 Å². The van der Waals surface area contributed by atoms with E-state index < -0.39 is 17.3 Å². The highest BCUT2D eigenvalue weighted by Gasteiger charge is 2.25. The number of aromatic nitrogens is 1. The molecule has 0 aliphatic carbocycles. The number of rotatable bonds is 3. The minimum absolute atomic E-state index is 0.261. The van der Waals surface area contributed by atoms with Crippen molar-refractivity contribution >= 4 is 5.91 Å². The minimum atomic E-state index is -0.769. The molecule has 1 N–H and O–H groups in total. The van der Waals surface area contributed by atoms with E-state index in [1.54, 1.807) is 26.0 Å². The lowest BCUT2D eigenvalue weighted by Gasteiger charge is -2.26. The van der Waals surface area contributed by atoms with Crippen LogP contribution in [0.2, 0.25) is 0 Å². The predicted molar refractivity (Wildman–Crippen MR) is 71.1 cm³/mol. The van der Waals surface area contributed by atoms with Crippen molar-refractivity contribution < 1.29 is 13.6 Å². The second kappa shape index (κ2) is 5.36. The van der Waals surface area contributed by atoms with Crippen LogP contribution in [0.25, 0.3) is 0 Å². The van der Waals surface area contributed by atoms with Gasteiger partial charge in [-0.1, -0.05) is 12.1 Å². The average molecular weight is 276 g/mol. The van der Waals surface area contributed by atoms with Crippen molar-refractivity contribution in [3.63, 3.8) is 0 Å². The van der Waals surface area contributed by atoms with Gasteiger partial charge in [-0.3, -0.25) is 4.79 Å². The Hall–Kier alpha value is -2.30. The quantitative estimate of drug-likeness (QED) is 0.936. The number of hydrogen-bond donors (Lipinski definition) is 1. The molecule has 0 spiro atoms. The van der Waals surface area contributed by atoms with E-state index in [1.165, 1.54) is 30.5 Å². The first-order valence-corrected chi connectivity index (χ1v) is 6.09. The first-order valence-electron chi connectivity index (χ1n) is 6.09. The standard InChI is InChI=1S/C15H14F2N2O/c1-15(2,10-5-7-11(16)8-6-10)19-14(20)13-12(17)4-3-9-18-13/h3-9H,1-2H3,(H,19,20). The molecule has 104 valence electrons. The smallest absolute Gasteiger partial charge is 0.273 e. The van der Waals surface area contributed by atoms with Crippen LogP contribution in [-0.4, -0.2) is 10.9 Å². The molecule has 0 radical (unpaired) electrons. The Kier molecular flexibility index (Phi) is 3.79. The van der Waals surface area contributed by atoms with E-state index in [0.717, 1.165) is 0 Å². The van der Waals surface area contributed by atoms with Gasteiger partial charge < -0.3 is 5.32 Å². The van der Waals surface area contributed by atoms with Gasteiger partial charge in [0.05, 0.1) is 5.54 Å². The summed E-state index contributed by atoms with van der Waals surface area (Å²) in [6.45, 7) is 3.50. The number of benzene rings is 1. The van der Waals surface area contributed by atoms with Gasteiger partial charge in [-0.05, 0) is 43.7 Å². The van der Waals surface area contributed by atoms with E-state index >= 15 is 0 Å². The largest absolute Gasteiger partial charge is 0.342 e. The normalized spacial score (nSPS) is 11.2. The third-order valence-electron chi connectivity index (χ3n) is 2.97. The van der Waals surface area contributed by atoms with Crippen LogP contribution in [-0.2, 0) is 5.54 Å². The van der Waals surface area contributed by atoms with Crippen LogP contribution in [0.1, 0.15) is 29.9 Å². The maximum absolute atomic E-state index is 13.5. The van der Waals surface area contributed by atoms with Crippen LogP contribution in [0.15, 0.2) is 42.6 Å². The molecule has 1 aromatic carbocycles. The van der Waals surface area contributed by atoms with Crippen LogP contribution in [0.5, 0.6) is 0 Å². The maximum Gasteiger partial charge on any atom is 0.273 e. The van der Waals surface area contributed by atoms with Crippen LogP contribution >= 0.6 is 0 Å². The molecule has 0 atom stereocenters. The highest BCUT2D eigenvalue weighted by molar-refractivity contribution is 5.93. The van der Waals surface area contributed by atoms with Gasteiger partial charge in [0.15, 0.2) is 11.5 Å². The molecule has 1 heterocycles. The van der Waals surface area contributed by atoms with Gasteiger partial charge in [0.25, 0.3) is 5.91 Å². The molecule has 0 fully saturated rings. The zero-order valence-corrected chi connectivity index (χ0v) is 11.2. The van der Waals surface area contributed by atoms with Crippen LogP contribution in [0.4, 0.5) is 8.78 Å². The summed E-state index contributed by atoms with van der Waals surface area (Å²) in [4.78, 5) is 15.8. The fraction of sp³-hybridized carbons (Fsp3) is 0.200. The number of hydrogen-bond acceptors (Lipinski definition) is 2.